The van der Waals surface area contributed by atoms with E-state index in [2.05, 4.69) is 14.9 Å². The van der Waals surface area contributed by atoms with Gasteiger partial charge in [0.1, 0.15) is 16.4 Å². The van der Waals surface area contributed by atoms with Gasteiger partial charge in [-0.15, -0.1) is 5.10 Å². The molecule has 144 valence electrons. The number of ether oxygens (including phenoxy) is 1. The SMILES string of the molecule is CCCCOC(=O)c1ccc(NC(=O)c2snnc2-c2ccc(F)cc2)cc1. The minimum Gasteiger partial charge on any atom is -0.462 e. The molecule has 0 saturated carbocycles. The number of nitrogens with one attached hydrogen (secondary N) is 1. The van der Waals surface area contributed by atoms with Crippen LogP contribution in [0.1, 0.15) is 39.8 Å². The number of nitrogens with zero attached hydrogens (tertiary/aromatic N) is 2. The zero-order chi connectivity index (χ0) is 19.9. The summed E-state index contributed by atoms with van der Waals surface area (Å²) in [6, 6.07) is 12.1. The first kappa shape index (κ1) is 19.6. The van der Waals surface area contributed by atoms with Crippen LogP contribution in [0.4, 0.5) is 10.1 Å². The van der Waals surface area contributed by atoms with Crippen LogP contribution < -0.4 is 5.32 Å². The Morgan fingerprint density at radius 3 is 2.50 bits per heavy atom. The van der Waals surface area contributed by atoms with Gasteiger partial charge in [0.25, 0.3) is 5.91 Å². The van der Waals surface area contributed by atoms with Gasteiger partial charge in [0.2, 0.25) is 0 Å². The van der Waals surface area contributed by atoms with Crippen molar-refractivity contribution < 1.29 is 18.7 Å². The number of carbonyl (C=O) groups excluding carboxylic acids is 2. The molecule has 8 heteroatoms. The molecule has 0 unspecified atom stereocenters. The van der Waals surface area contributed by atoms with E-state index in [1.165, 1.54) is 12.1 Å². The van der Waals surface area contributed by atoms with Crippen molar-refractivity contribution >= 4 is 29.1 Å². The molecule has 0 spiro atoms. The van der Waals surface area contributed by atoms with Gasteiger partial charge in [-0.2, -0.15) is 0 Å². The van der Waals surface area contributed by atoms with Crippen LogP contribution in [0.2, 0.25) is 0 Å². The average Bonchev–Trinajstić information content (AvgIpc) is 3.19. The monoisotopic (exact) mass is 399 g/mol. The van der Waals surface area contributed by atoms with Crippen molar-refractivity contribution in [3.63, 3.8) is 0 Å². The molecule has 0 bridgehead atoms. The zero-order valence-corrected chi connectivity index (χ0v) is 16.0. The maximum atomic E-state index is 13.1. The molecule has 1 heterocycles. The third kappa shape index (κ3) is 4.77. The summed E-state index contributed by atoms with van der Waals surface area (Å²) in [7, 11) is 0. The minimum absolute atomic E-state index is 0.315. The largest absolute Gasteiger partial charge is 0.462 e. The number of unbranched alkanes of at least 4 members (excludes halogenated alkanes) is 1. The third-order valence-corrected chi connectivity index (χ3v) is 4.65. The summed E-state index contributed by atoms with van der Waals surface area (Å²) in [4.78, 5) is 24.8. The van der Waals surface area contributed by atoms with Gasteiger partial charge in [-0.25, -0.2) is 9.18 Å². The van der Waals surface area contributed by atoms with E-state index in [1.807, 2.05) is 6.92 Å². The third-order valence-electron chi connectivity index (χ3n) is 3.92. The maximum Gasteiger partial charge on any atom is 0.338 e. The molecular weight excluding hydrogens is 381 g/mol. The van der Waals surface area contributed by atoms with Crippen molar-refractivity contribution in [1.29, 1.82) is 0 Å². The fraction of sp³-hybridized carbons (Fsp3) is 0.200. The minimum atomic E-state index is -0.392. The van der Waals surface area contributed by atoms with Crippen molar-refractivity contribution in [2.75, 3.05) is 11.9 Å². The van der Waals surface area contributed by atoms with Crippen LogP contribution in [0.25, 0.3) is 11.3 Å². The maximum absolute atomic E-state index is 13.1. The van der Waals surface area contributed by atoms with Crippen molar-refractivity contribution in [3.05, 3.63) is 64.8 Å². The summed E-state index contributed by atoms with van der Waals surface area (Å²) in [6.45, 7) is 2.41. The lowest BCUT2D eigenvalue weighted by atomic mass is 10.1. The smallest absolute Gasteiger partial charge is 0.338 e. The molecule has 1 aromatic heterocycles. The first-order chi connectivity index (χ1) is 13.6. The first-order valence-corrected chi connectivity index (χ1v) is 9.52. The van der Waals surface area contributed by atoms with Crippen molar-refractivity contribution in [2.45, 2.75) is 19.8 Å². The Kier molecular flexibility index (Phi) is 6.44. The molecule has 3 rings (SSSR count). The molecule has 2 aromatic carbocycles. The van der Waals surface area contributed by atoms with Crippen LogP contribution in [0.3, 0.4) is 0 Å². The summed E-state index contributed by atoms with van der Waals surface area (Å²) >= 11 is 0.954. The van der Waals surface area contributed by atoms with Gasteiger partial charge in [0, 0.05) is 11.3 Å². The summed E-state index contributed by atoms with van der Waals surface area (Å²) in [6.07, 6.45) is 1.77. The van der Waals surface area contributed by atoms with E-state index in [1.54, 1.807) is 36.4 Å². The standard InChI is InChI=1S/C20H18FN3O3S/c1-2-3-12-27-20(26)14-6-10-16(11-7-14)22-19(25)18-17(23-24-28-18)13-4-8-15(21)9-5-13/h4-11H,2-3,12H2,1H3,(H,22,25). The lowest BCUT2D eigenvalue weighted by molar-refractivity contribution is 0.0499. The molecule has 0 fully saturated rings. The summed E-state index contributed by atoms with van der Waals surface area (Å²) < 4.78 is 22.1. The molecule has 6 nitrogen and oxygen atoms in total. The Morgan fingerprint density at radius 1 is 1.11 bits per heavy atom. The summed E-state index contributed by atoms with van der Waals surface area (Å²) in [5.41, 5.74) is 1.93. The van der Waals surface area contributed by atoms with Gasteiger partial charge >= 0.3 is 5.97 Å². The quantitative estimate of drug-likeness (QED) is 0.465. The van der Waals surface area contributed by atoms with Crippen LogP contribution in [0.5, 0.6) is 0 Å². The van der Waals surface area contributed by atoms with E-state index in [-0.39, 0.29) is 11.7 Å². The van der Waals surface area contributed by atoms with E-state index < -0.39 is 5.97 Å². The number of amides is 1. The number of anilines is 1. The number of rotatable bonds is 7. The fourth-order valence-corrected chi connectivity index (χ4v) is 2.99. The Morgan fingerprint density at radius 2 is 1.82 bits per heavy atom. The molecule has 1 amide bonds. The molecule has 1 N–H and O–H groups in total. The molecule has 0 atom stereocenters. The van der Waals surface area contributed by atoms with E-state index in [0.717, 1.165) is 24.4 Å². The van der Waals surface area contributed by atoms with Gasteiger partial charge < -0.3 is 10.1 Å². The van der Waals surface area contributed by atoms with Gasteiger partial charge in [-0.05, 0) is 66.5 Å². The Balaban J connectivity index is 1.68. The lowest BCUT2D eigenvalue weighted by Crippen LogP contribution is -2.12. The fourth-order valence-electron chi connectivity index (χ4n) is 2.41. The Bertz CT molecular complexity index is 956. The highest BCUT2D eigenvalue weighted by Gasteiger charge is 2.18. The number of hydrogen-bond donors (Lipinski definition) is 1. The van der Waals surface area contributed by atoms with Crippen LogP contribution in [-0.2, 0) is 4.74 Å². The zero-order valence-electron chi connectivity index (χ0n) is 15.1. The van der Waals surface area contributed by atoms with E-state index in [9.17, 15) is 14.0 Å². The highest BCUT2D eigenvalue weighted by Crippen LogP contribution is 2.25. The van der Waals surface area contributed by atoms with Crippen molar-refractivity contribution in [2.24, 2.45) is 0 Å². The van der Waals surface area contributed by atoms with E-state index >= 15 is 0 Å². The van der Waals surface area contributed by atoms with Crippen molar-refractivity contribution in [3.8, 4) is 11.3 Å². The number of carbonyl (C=O) groups is 2. The number of esters is 1. The molecule has 0 aliphatic rings. The van der Waals surface area contributed by atoms with Crippen LogP contribution in [0.15, 0.2) is 48.5 Å². The molecular formula is C20H18FN3O3S. The molecule has 0 radical (unpaired) electrons. The van der Waals surface area contributed by atoms with Crippen LogP contribution >= 0.6 is 11.5 Å². The second-order valence-electron chi connectivity index (χ2n) is 5.98. The molecule has 28 heavy (non-hydrogen) atoms. The molecule has 0 aliphatic carbocycles. The molecule has 0 saturated heterocycles. The van der Waals surface area contributed by atoms with Gasteiger partial charge in [-0.3, -0.25) is 4.79 Å². The summed E-state index contributed by atoms with van der Waals surface area (Å²) in [5.74, 6) is -1.14. The predicted molar refractivity (Wildman–Crippen MR) is 105 cm³/mol. The number of aromatic nitrogens is 2. The normalized spacial score (nSPS) is 10.5. The number of hydrogen-bond acceptors (Lipinski definition) is 6. The second-order valence-corrected chi connectivity index (χ2v) is 6.73. The van der Waals surface area contributed by atoms with E-state index in [0.29, 0.717) is 34.0 Å². The topological polar surface area (TPSA) is 81.2 Å². The lowest BCUT2D eigenvalue weighted by Gasteiger charge is -2.07. The van der Waals surface area contributed by atoms with Crippen molar-refractivity contribution in [1.82, 2.24) is 9.59 Å². The Hall–Kier alpha value is -3.13. The molecule has 3 aromatic rings. The van der Waals surface area contributed by atoms with Crippen LogP contribution in [0, 0.1) is 5.82 Å². The highest BCUT2D eigenvalue weighted by molar-refractivity contribution is 7.08. The van der Waals surface area contributed by atoms with E-state index in [4.69, 9.17) is 4.74 Å². The van der Waals surface area contributed by atoms with Gasteiger partial charge in [0.15, 0.2) is 0 Å². The summed E-state index contributed by atoms with van der Waals surface area (Å²) in [5, 5.41) is 6.73. The highest BCUT2D eigenvalue weighted by atomic mass is 32.1. The molecule has 0 aliphatic heterocycles. The number of benzene rings is 2. The predicted octanol–water partition coefficient (Wildman–Crippen LogP) is 4.55. The van der Waals surface area contributed by atoms with Gasteiger partial charge in [-0.1, -0.05) is 17.8 Å². The van der Waals surface area contributed by atoms with Crippen LogP contribution in [-0.4, -0.2) is 28.1 Å². The first-order valence-electron chi connectivity index (χ1n) is 8.75. The average molecular weight is 399 g/mol. The number of halogens is 1. The van der Waals surface area contributed by atoms with Gasteiger partial charge in [0.05, 0.1) is 12.2 Å². The second kappa shape index (κ2) is 9.18. The Labute approximate surface area is 165 Å².